The summed E-state index contributed by atoms with van der Waals surface area (Å²) in [7, 11) is -2.94. The van der Waals surface area contributed by atoms with Gasteiger partial charge in [-0.25, -0.2) is 14.3 Å². The van der Waals surface area contributed by atoms with Gasteiger partial charge in [-0.1, -0.05) is 0 Å². The van der Waals surface area contributed by atoms with E-state index in [4.69, 9.17) is 14.0 Å². The van der Waals surface area contributed by atoms with Gasteiger partial charge in [0.2, 0.25) is 0 Å². The number of alkyl halides is 1. The summed E-state index contributed by atoms with van der Waals surface area (Å²) in [5.74, 6) is -0.618. The Morgan fingerprint density at radius 2 is 2.14 bits per heavy atom. The van der Waals surface area contributed by atoms with E-state index in [1.807, 2.05) is 4.98 Å². The van der Waals surface area contributed by atoms with E-state index in [0.717, 1.165) is 23.8 Å². The van der Waals surface area contributed by atoms with E-state index in [2.05, 4.69) is 5.09 Å². The molecule has 13 heteroatoms. The van der Waals surface area contributed by atoms with Gasteiger partial charge in [0.15, 0.2) is 11.9 Å². The van der Waals surface area contributed by atoms with Gasteiger partial charge in [0, 0.05) is 12.3 Å². The number of halogens is 1. The minimum absolute atomic E-state index is 0.340. The third-order valence-corrected chi connectivity index (χ3v) is 5.34. The van der Waals surface area contributed by atoms with Crippen molar-refractivity contribution in [1.29, 1.82) is 0 Å². The van der Waals surface area contributed by atoms with Gasteiger partial charge in [0.05, 0.1) is 12.7 Å². The highest BCUT2D eigenvalue weighted by molar-refractivity contribution is 7.36. The number of aromatic nitrogens is 2. The van der Waals surface area contributed by atoms with Crippen molar-refractivity contribution in [2.75, 3.05) is 6.61 Å². The number of hydrogen-bond acceptors (Lipinski definition) is 8. The molecule has 0 bridgehead atoms. The second-order valence-electron chi connectivity index (χ2n) is 7.09. The number of carbonyl (C=O) groups excluding carboxylic acids is 1. The van der Waals surface area contributed by atoms with Gasteiger partial charge < -0.3 is 19.1 Å². The number of aromatic amines is 1. The lowest BCUT2D eigenvalue weighted by Gasteiger charge is -2.24. The maximum atomic E-state index is 15.0. The third kappa shape index (κ3) is 5.61. The first-order chi connectivity index (χ1) is 13.4. The van der Waals surface area contributed by atoms with Crippen LogP contribution in [0.25, 0.3) is 0 Å². The Labute approximate surface area is 166 Å². The number of ether oxygens (including phenoxy) is 2. The summed E-state index contributed by atoms with van der Waals surface area (Å²) in [6, 6.07) is 0.106. The molecule has 1 aliphatic rings. The third-order valence-electron chi connectivity index (χ3n) is 4.24. The van der Waals surface area contributed by atoms with Crippen molar-refractivity contribution in [2.45, 2.75) is 63.9 Å². The highest BCUT2D eigenvalue weighted by Gasteiger charge is 2.55. The number of hydrogen-bond donors (Lipinski definition) is 3. The van der Waals surface area contributed by atoms with Crippen LogP contribution in [0, 0.1) is 0 Å². The maximum absolute atomic E-state index is 15.0. The molecule has 6 atom stereocenters. The van der Waals surface area contributed by atoms with Gasteiger partial charge in [0.1, 0.15) is 18.2 Å². The molecule has 0 aromatic carbocycles. The summed E-state index contributed by atoms with van der Waals surface area (Å²) < 4.78 is 43.3. The van der Waals surface area contributed by atoms with Crippen LogP contribution in [0.4, 0.5) is 4.39 Å². The van der Waals surface area contributed by atoms with Gasteiger partial charge in [-0.05, 0) is 27.7 Å². The standard InChI is InChI=1S/C16H25FN3O8P/c1-8(2)27-13(23)9(3)19-29(25)26-7-10-12(22)16(4,17)14(28-10)20-6-5-11(21)18-15(20)24/h5-6,8-10,12,14,22,29H,7H2,1-4H3,(H,19,25)(H,18,21,24)/t9-,10+,12+,14+,16+/m0/s1. The number of aliphatic hydroxyl groups excluding tert-OH is 1. The predicted octanol–water partition coefficient (Wildman–Crippen LogP) is -0.141. The fourth-order valence-corrected chi connectivity index (χ4v) is 3.60. The van der Waals surface area contributed by atoms with Crippen LogP contribution in [-0.4, -0.2) is 57.3 Å². The monoisotopic (exact) mass is 437 g/mol. The molecule has 1 unspecified atom stereocenters. The van der Waals surface area contributed by atoms with Gasteiger partial charge in [-0.2, -0.15) is 0 Å². The Morgan fingerprint density at radius 3 is 2.72 bits per heavy atom. The molecule has 1 aliphatic heterocycles. The van der Waals surface area contributed by atoms with Crippen LogP contribution in [0.5, 0.6) is 0 Å². The van der Waals surface area contributed by atoms with Crippen molar-refractivity contribution in [3.63, 3.8) is 0 Å². The fourth-order valence-electron chi connectivity index (χ4n) is 2.73. The van der Waals surface area contributed by atoms with E-state index in [9.17, 15) is 24.1 Å². The van der Waals surface area contributed by atoms with Crippen LogP contribution >= 0.6 is 8.18 Å². The lowest BCUT2D eigenvalue weighted by atomic mass is 9.98. The molecule has 1 saturated heterocycles. The molecular formula is C16H25FN3O8P. The predicted molar refractivity (Wildman–Crippen MR) is 99.5 cm³/mol. The molecule has 0 spiro atoms. The molecule has 0 saturated carbocycles. The first-order valence-corrected chi connectivity index (χ1v) is 10.2. The topological polar surface area (TPSA) is 149 Å². The van der Waals surface area contributed by atoms with Crippen molar-refractivity contribution in [3.8, 4) is 0 Å². The van der Waals surface area contributed by atoms with E-state index >= 15 is 4.39 Å². The van der Waals surface area contributed by atoms with Crippen LogP contribution in [0.2, 0.25) is 0 Å². The number of H-pyrrole nitrogens is 1. The van der Waals surface area contributed by atoms with E-state index in [-0.39, 0.29) is 6.10 Å². The molecule has 1 aromatic rings. The Hall–Kier alpha value is -1.85. The lowest BCUT2D eigenvalue weighted by molar-refractivity contribution is -0.149. The molecule has 29 heavy (non-hydrogen) atoms. The SMILES string of the molecule is CC(C)OC(=O)[C@H](C)N[PH](=O)OC[C@H]1O[C@@H](n2ccc(=O)[nH]c2=O)[C@](C)(F)[C@@H]1O. The van der Waals surface area contributed by atoms with Crippen molar-refractivity contribution in [2.24, 2.45) is 0 Å². The van der Waals surface area contributed by atoms with Gasteiger partial charge in [0.25, 0.3) is 13.7 Å². The Balaban J connectivity index is 2.00. The summed E-state index contributed by atoms with van der Waals surface area (Å²) in [6.07, 6.45) is -3.78. The molecule has 0 amide bonds. The average Bonchev–Trinajstić information content (AvgIpc) is 2.82. The zero-order chi connectivity index (χ0) is 21.9. The number of carbonyl (C=O) groups is 1. The van der Waals surface area contributed by atoms with E-state index < -0.39 is 62.2 Å². The highest BCUT2D eigenvalue weighted by atomic mass is 31.1. The molecule has 1 fully saturated rings. The molecule has 0 aliphatic carbocycles. The summed E-state index contributed by atoms with van der Waals surface area (Å²) in [6.45, 7) is 5.34. The second-order valence-corrected chi connectivity index (χ2v) is 8.24. The Morgan fingerprint density at radius 1 is 1.48 bits per heavy atom. The smallest absolute Gasteiger partial charge is 0.330 e. The summed E-state index contributed by atoms with van der Waals surface area (Å²) in [5, 5.41) is 12.6. The van der Waals surface area contributed by atoms with Crippen LogP contribution in [0.1, 0.15) is 33.9 Å². The molecule has 11 nitrogen and oxygen atoms in total. The van der Waals surface area contributed by atoms with Gasteiger partial charge in [-0.3, -0.25) is 23.7 Å². The molecule has 2 rings (SSSR count). The minimum Gasteiger partial charge on any atom is -0.462 e. The average molecular weight is 437 g/mol. The van der Waals surface area contributed by atoms with Gasteiger partial charge in [-0.15, -0.1) is 0 Å². The van der Waals surface area contributed by atoms with E-state index in [1.165, 1.54) is 6.92 Å². The van der Waals surface area contributed by atoms with Crippen LogP contribution in [0.3, 0.4) is 0 Å². The van der Waals surface area contributed by atoms with Gasteiger partial charge >= 0.3 is 11.7 Å². The maximum Gasteiger partial charge on any atom is 0.330 e. The normalized spacial score (nSPS) is 29.0. The second kappa shape index (κ2) is 9.31. The molecule has 2 heterocycles. The van der Waals surface area contributed by atoms with E-state index in [0.29, 0.717) is 0 Å². The Bertz CT molecular complexity index is 870. The van der Waals surface area contributed by atoms with Crippen molar-refractivity contribution in [1.82, 2.24) is 14.6 Å². The lowest BCUT2D eigenvalue weighted by Crippen LogP contribution is -2.43. The largest absolute Gasteiger partial charge is 0.462 e. The van der Waals surface area contributed by atoms with Crippen LogP contribution < -0.4 is 16.3 Å². The quantitative estimate of drug-likeness (QED) is 0.373. The van der Waals surface area contributed by atoms with Crippen molar-refractivity contribution >= 4 is 14.1 Å². The molecule has 0 radical (unpaired) electrons. The number of nitrogens with one attached hydrogen (secondary N) is 2. The zero-order valence-corrected chi connectivity index (χ0v) is 17.4. The Kier molecular flexibility index (Phi) is 7.52. The number of esters is 1. The summed E-state index contributed by atoms with van der Waals surface area (Å²) in [5.41, 5.74) is -3.97. The number of rotatable bonds is 8. The fraction of sp³-hybridized carbons (Fsp3) is 0.688. The van der Waals surface area contributed by atoms with Crippen molar-refractivity contribution in [3.05, 3.63) is 33.1 Å². The molecule has 164 valence electrons. The number of aliphatic hydroxyl groups is 1. The highest BCUT2D eigenvalue weighted by Crippen LogP contribution is 2.41. The molecule has 1 aromatic heterocycles. The van der Waals surface area contributed by atoms with E-state index in [1.54, 1.807) is 13.8 Å². The van der Waals surface area contributed by atoms with Crippen molar-refractivity contribution < 1.29 is 32.9 Å². The van der Waals surface area contributed by atoms with Crippen LogP contribution in [-0.2, 0) is 23.4 Å². The first-order valence-electron chi connectivity index (χ1n) is 8.91. The molecule has 3 N–H and O–H groups in total. The zero-order valence-electron chi connectivity index (χ0n) is 16.4. The summed E-state index contributed by atoms with van der Waals surface area (Å²) >= 11 is 0. The molecular weight excluding hydrogens is 412 g/mol. The first kappa shape index (κ1) is 23.4. The minimum atomic E-state index is -2.94. The summed E-state index contributed by atoms with van der Waals surface area (Å²) in [4.78, 5) is 36.8. The van der Waals surface area contributed by atoms with Crippen LogP contribution in [0.15, 0.2) is 21.9 Å². The number of nitrogens with zero attached hydrogens (tertiary/aromatic N) is 1.